The Morgan fingerprint density at radius 1 is 1.16 bits per heavy atom. The Kier molecular flexibility index (Phi) is 3.81. The monoisotopic (exact) mass is 261 g/mol. The van der Waals surface area contributed by atoms with Crippen LogP contribution in [-0.4, -0.2) is 17.2 Å². The normalized spacial score (nSPS) is 12.3. The van der Waals surface area contributed by atoms with E-state index in [1.807, 2.05) is 13.8 Å². The van der Waals surface area contributed by atoms with E-state index in [0.717, 1.165) is 11.4 Å². The molecular weight excluding hydrogens is 245 g/mol. The first-order valence-electron chi connectivity index (χ1n) is 5.98. The Bertz CT molecular complexity index is 578. The zero-order valence-corrected chi connectivity index (χ0v) is 11.1. The fourth-order valence-electron chi connectivity index (χ4n) is 2.06. The van der Waals surface area contributed by atoms with Gasteiger partial charge in [-0.25, -0.2) is 4.39 Å². The molecule has 1 N–H and O–H groups in total. The smallest absolute Gasteiger partial charge is 0.133 e. The minimum absolute atomic E-state index is 0.228. The minimum Gasteiger partial charge on any atom is -0.497 e. The van der Waals surface area contributed by atoms with Gasteiger partial charge in [0.15, 0.2) is 0 Å². The van der Waals surface area contributed by atoms with Gasteiger partial charge in [0.05, 0.1) is 7.11 Å². The third kappa shape index (κ3) is 2.90. The second kappa shape index (κ2) is 5.36. The molecule has 0 amide bonds. The minimum atomic E-state index is -1.01. The maximum Gasteiger partial charge on any atom is 0.133 e. The van der Waals surface area contributed by atoms with Crippen molar-refractivity contribution in [2.75, 3.05) is 7.11 Å². The summed E-state index contributed by atoms with van der Waals surface area (Å²) in [7, 11) is 1.47. The lowest BCUT2D eigenvalue weighted by atomic mass is 10.0. The number of pyridine rings is 1. The summed E-state index contributed by atoms with van der Waals surface area (Å²) in [5.74, 6) is -0.0606. The van der Waals surface area contributed by atoms with Crippen LogP contribution >= 0.6 is 0 Å². The average Bonchev–Trinajstić information content (AvgIpc) is 2.36. The van der Waals surface area contributed by atoms with Gasteiger partial charge in [-0.1, -0.05) is 0 Å². The molecule has 0 fully saturated rings. The topological polar surface area (TPSA) is 42.4 Å². The molecule has 1 atom stereocenters. The van der Waals surface area contributed by atoms with Gasteiger partial charge in [0.2, 0.25) is 0 Å². The van der Waals surface area contributed by atoms with Crippen LogP contribution in [0.1, 0.15) is 28.6 Å². The van der Waals surface area contributed by atoms with Gasteiger partial charge in [0, 0.05) is 23.0 Å². The molecule has 0 aliphatic heterocycles. The number of aromatic nitrogens is 1. The predicted octanol–water partition coefficient (Wildman–Crippen LogP) is 2.93. The summed E-state index contributed by atoms with van der Waals surface area (Å²) in [5, 5.41) is 10.3. The van der Waals surface area contributed by atoms with E-state index >= 15 is 0 Å². The third-order valence-electron chi connectivity index (χ3n) is 2.92. The highest BCUT2D eigenvalue weighted by molar-refractivity contribution is 5.36. The lowest BCUT2D eigenvalue weighted by molar-refractivity contribution is 0.214. The second-order valence-electron chi connectivity index (χ2n) is 4.47. The summed E-state index contributed by atoms with van der Waals surface area (Å²) in [6, 6.07) is 7.93. The van der Waals surface area contributed by atoms with Crippen molar-refractivity contribution in [3.8, 4) is 5.75 Å². The van der Waals surface area contributed by atoms with Crippen molar-refractivity contribution >= 4 is 0 Å². The molecule has 3 nitrogen and oxygen atoms in total. The molecule has 1 unspecified atom stereocenters. The Labute approximate surface area is 111 Å². The van der Waals surface area contributed by atoms with Crippen molar-refractivity contribution < 1.29 is 14.2 Å². The predicted molar refractivity (Wildman–Crippen MR) is 70.7 cm³/mol. The molecule has 4 heteroatoms. The van der Waals surface area contributed by atoms with Crippen LogP contribution in [0.15, 0.2) is 30.3 Å². The van der Waals surface area contributed by atoms with Crippen LogP contribution in [0, 0.1) is 19.7 Å². The Hall–Kier alpha value is -1.94. The van der Waals surface area contributed by atoms with Crippen LogP contribution in [0.2, 0.25) is 0 Å². The lowest BCUT2D eigenvalue weighted by Gasteiger charge is -2.14. The number of aliphatic hydroxyl groups excluding tert-OH is 1. The SMILES string of the molecule is COc1ccc(C(O)c2cc(C)nc(C)c2)c(F)c1. The number of halogens is 1. The van der Waals surface area contributed by atoms with E-state index in [1.165, 1.54) is 19.2 Å². The molecule has 19 heavy (non-hydrogen) atoms. The second-order valence-corrected chi connectivity index (χ2v) is 4.47. The van der Waals surface area contributed by atoms with Gasteiger partial charge < -0.3 is 9.84 Å². The number of nitrogens with zero attached hydrogens (tertiary/aromatic N) is 1. The number of hydrogen-bond donors (Lipinski definition) is 1. The molecule has 0 saturated heterocycles. The zero-order chi connectivity index (χ0) is 14.0. The quantitative estimate of drug-likeness (QED) is 0.923. The molecule has 0 saturated carbocycles. The average molecular weight is 261 g/mol. The highest BCUT2D eigenvalue weighted by atomic mass is 19.1. The van der Waals surface area contributed by atoms with Crippen LogP contribution in [-0.2, 0) is 0 Å². The van der Waals surface area contributed by atoms with E-state index in [4.69, 9.17) is 4.74 Å². The van der Waals surface area contributed by atoms with Crippen molar-refractivity contribution in [3.63, 3.8) is 0 Å². The first-order valence-corrected chi connectivity index (χ1v) is 5.98. The molecule has 0 radical (unpaired) electrons. The lowest BCUT2D eigenvalue weighted by Crippen LogP contribution is -2.04. The standard InChI is InChI=1S/C15H16FNO2/c1-9-6-11(7-10(2)17-9)15(18)13-5-4-12(19-3)8-14(13)16/h4-8,15,18H,1-3H3. The summed E-state index contributed by atoms with van der Waals surface area (Å²) in [5.41, 5.74) is 2.45. The van der Waals surface area contributed by atoms with Crippen molar-refractivity contribution in [1.29, 1.82) is 0 Å². The number of methoxy groups -OCH3 is 1. The molecule has 0 aliphatic rings. The number of benzene rings is 1. The fraction of sp³-hybridized carbons (Fsp3) is 0.267. The Morgan fingerprint density at radius 2 is 1.79 bits per heavy atom. The Morgan fingerprint density at radius 3 is 2.32 bits per heavy atom. The van der Waals surface area contributed by atoms with Crippen LogP contribution in [0.5, 0.6) is 5.75 Å². The van der Waals surface area contributed by atoms with Crippen LogP contribution in [0.4, 0.5) is 4.39 Å². The molecule has 1 aromatic heterocycles. The van der Waals surface area contributed by atoms with Gasteiger partial charge in [-0.15, -0.1) is 0 Å². The number of rotatable bonds is 3. The molecule has 1 aromatic carbocycles. The van der Waals surface area contributed by atoms with Gasteiger partial charge in [0.1, 0.15) is 17.7 Å². The van der Waals surface area contributed by atoms with Crippen molar-refractivity contribution in [2.45, 2.75) is 20.0 Å². The molecule has 2 rings (SSSR count). The molecule has 0 spiro atoms. The van der Waals surface area contributed by atoms with E-state index in [1.54, 1.807) is 18.2 Å². The maximum atomic E-state index is 13.9. The third-order valence-corrected chi connectivity index (χ3v) is 2.92. The molecule has 0 bridgehead atoms. The van der Waals surface area contributed by atoms with Gasteiger partial charge >= 0.3 is 0 Å². The largest absolute Gasteiger partial charge is 0.497 e. The van der Waals surface area contributed by atoms with Crippen LogP contribution in [0.25, 0.3) is 0 Å². The first-order chi connectivity index (χ1) is 9.01. The van der Waals surface area contributed by atoms with E-state index in [9.17, 15) is 9.50 Å². The van der Waals surface area contributed by atoms with Crippen molar-refractivity contribution in [2.24, 2.45) is 0 Å². The summed E-state index contributed by atoms with van der Waals surface area (Å²) in [4.78, 5) is 4.24. The summed E-state index contributed by atoms with van der Waals surface area (Å²) in [6.45, 7) is 3.68. The highest BCUT2D eigenvalue weighted by Gasteiger charge is 2.16. The number of aryl methyl sites for hydroxylation is 2. The molecule has 2 aromatic rings. The van der Waals surface area contributed by atoms with E-state index in [0.29, 0.717) is 11.3 Å². The van der Waals surface area contributed by atoms with Gasteiger partial charge in [-0.05, 0) is 43.7 Å². The van der Waals surface area contributed by atoms with Gasteiger partial charge in [-0.2, -0.15) is 0 Å². The summed E-state index contributed by atoms with van der Waals surface area (Å²) in [6.07, 6.45) is -1.01. The van der Waals surface area contributed by atoms with Crippen LogP contribution in [0.3, 0.4) is 0 Å². The van der Waals surface area contributed by atoms with Gasteiger partial charge in [-0.3, -0.25) is 4.98 Å². The summed E-state index contributed by atoms with van der Waals surface area (Å²) >= 11 is 0. The molecule has 100 valence electrons. The Balaban J connectivity index is 2.40. The molecule has 0 aliphatic carbocycles. The maximum absolute atomic E-state index is 13.9. The number of ether oxygens (including phenoxy) is 1. The van der Waals surface area contributed by atoms with E-state index in [2.05, 4.69) is 4.98 Å². The van der Waals surface area contributed by atoms with Gasteiger partial charge in [0.25, 0.3) is 0 Å². The highest BCUT2D eigenvalue weighted by Crippen LogP contribution is 2.27. The number of aliphatic hydroxyl groups is 1. The van der Waals surface area contributed by atoms with Crippen molar-refractivity contribution in [1.82, 2.24) is 4.98 Å². The van der Waals surface area contributed by atoms with Crippen LogP contribution < -0.4 is 4.74 Å². The summed E-state index contributed by atoms with van der Waals surface area (Å²) < 4.78 is 18.9. The zero-order valence-electron chi connectivity index (χ0n) is 11.1. The fourth-order valence-corrected chi connectivity index (χ4v) is 2.06. The first kappa shape index (κ1) is 13.5. The number of hydrogen-bond acceptors (Lipinski definition) is 3. The molecular formula is C15H16FNO2. The van der Waals surface area contributed by atoms with E-state index < -0.39 is 11.9 Å². The van der Waals surface area contributed by atoms with Crippen molar-refractivity contribution in [3.05, 3.63) is 58.7 Å². The van der Waals surface area contributed by atoms with E-state index in [-0.39, 0.29) is 5.56 Å². The molecule has 1 heterocycles.